The molecule has 70 heavy (non-hydrogen) atoms. The van der Waals surface area contributed by atoms with Crippen molar-refractivity contribution in [3.05, 3.63) is 206 Å². The Kier molecular flexibility index (Phi) is 16.1. The lowest BCUT2D eigenvalue weighted by Gasteiger charge is -2.28. The Morgan fingerprint density at radius 1 is 0.486 bits per heavy atom. The second-order valence-electron chi connectivity index (χ2n) is 18.4. The van der Waals surface area contributed by atoms with Crippen molar-refractivity contribution in [3.8, 4) is 51.4 Å². The van der Waals surface area contributed by atoms with Crippen molar-refractivity contribution in [3.63, 3.8) is 0 Å². The SMILES string of the molecule is C=CC(=O)Oc1ccc(C(C)(C)c2ccc(OP(Oc3ccccc3C)Oc3c(C)cc(C)c(C)c3-c3c(C)c(C)cc(C)c3OP(Oc3ccc(CC)cc3)Oc3ccccc3C)c(C)c2)cc1C. The highest BCUT2D eigenvalue weighted by Crippen LogP contribution is 2.54. The van der Waals surface area contributed by atoms with Crippen LogP contribution in [-0.2, 0) is 16.6 Å². The zero-order valence-electron chi connectivity index (χ0n) is 42.7. The van der Waals surface area contributed by atoms with Gasteiger partial charge in [0.1, 0.15) is 40.2 Å². The van der Waals surface area contributed by atoms with Gasteiger partial charge in [-0.15, -0.1) is 0 Å². The number of hydrogen-bond acceptors (Lipinski definition) is 8. The third kappa shape index (κ3) is 11.5. The molecule has 8 nitrogen and oxygen atoms in total. The summed E-state index contributed by atoms with van der Waals surface area (Å²) >= 11 is 0. The number of carbonyl (C=O) groups is 1. The van der Waals surface area contributed by atoms with Gasteiger partial charge in [0.25, 0.3) is 0 Å². The molecule has 0 radical (unpaired) electrons. The first-order valence-corrected chi connectivity index (χ1v) is 25.7. The maximum absolute atomic E-state index is 12.0. The predicted molar refractivity (Wildman–Crippen MR) is 286 cm³/mol. The number of ether oxygens (including phenoxy) is 1. The van der Waals surface area contributed by atoms with Gasteiger partial charge in [-0.25, -0.2) is 4.79 Å². The second-order valence-corrected chi connectivity index (χ2v) is 20.4. The van der Waals surface area contributed by atoms with E-state index in [-0.39, 0.29) is 0 Å². The molecule has 10 heteroatoms. The molecule has 7 aromatic rings. The quantitative estimate of drug-likeness (QED) is 0.0364. The number of rotatable bonds is 18. The molecule has 0 aromatic heterocycles. The molecule has 2 unspecified atom stereocenters. The number of esters is 1. The summed E-state index contributed by atoms with van der Waals surface area (Å²) in [5, 5.41) is 0. The predicted octanol–water partition coefficient (Wildman–Crippen LogP) is 16.9. The third-order valence-electron chi connectivity index (χ3n) is 12.9. The van der Waals surface area contributed by atoms with Crippen LogP contribution in [0.25, 0.3) is 11.1 Å². The number of aryl methyl sites for hydroxylation is 9. The van der Waals surface area contributed by atoms with Crippen LogP contribution < -0.4 is 31.9 Å². The van der Waals surface area contributed by atoms with Gasteiger partial charge in [0.15, 0.2) is 0 Å². The standard InChI is InChI=1S/C60H64O8P2/c1-15-47-25-29-50(30-26-47)63-69(64-52-23-19-17-21-37(52)3)67-58-43(9)33-39(5)45(11)56(58)57-46(12)40(6)34-44(10)59(57)68-70(65-53-24-20-18-22-38(53)4)66-54-32-28-49(36-42(54)8)60(13,14)48-27-31-51(41(7)35-48)62-55(61)16-2/h16-36H,2,15H2,1,3-14H3. The van der Waals surface area contributed by atoms with E-state index in [1.807, 2.05) is 107 Å². The van der Waals surface area contributed by atoms with E-state index < -0.39 is 28.6 Å². The van der Waals surface area contributed by atoms with Crippen LogP contribution in [0.2, 0.25) is 0 Å². The lowest BCUT2D eigenvalue weighted by Crippen LogP contribution is -2.19. The van der Waals surface area contributed by atoms with Crippen LogP contribution in [0.1, 0.15) is 93.1 Å². The van der Waals surface area contributed by atoms with Crippen molar-refractivity contribution in [2.45, 2.75) is 102 Å². The first-order chi connectivity index (χ1) is 33.4. The summed E-state index contributed by atoms with van der Waals surface area (Å²) < 4.78 is 46.8. The summed E-state index contributed by atoms with van der Waals surface area (Å²) in [6.45, 7) is 30.6. The highest BCUT2D eigenvalue weighted by atomic mass is 31.2. The number of carbonyl (C=O) groups excluding carboxylic acids is 1. The molecule has 0 amide bonds. The van der Waals surface area contributed by atoms with Gasteiger partial charge in [0.05, 0.1) is 0 Å². The number of para-hydroxylation sites is 2. The molecular weight excluding hydrogens is 911 g/mol. The molecule has 0 spiro atoms. The highest BCUT2D eigenvalue weighted by Gasteiger charge is 2.32. The minimum absolute atomic E-state index is 0.404. The minimum Gasteiger partial charge on any atom is -0.423 e. The van der Waals surface area contributed by atoms with Crippen LogP contribution >= 0.6 is 17.2 Å². The Bertz CT molecular complexity index is 3050. The molecule has 362 valence electrons. The van der Waals surface area contributed by atoms with Crippen LogP contribution in [0.3, 0.4) is 0 Å². The first kappa shape index (κ1) is 51.3. The fourth-order valence-electron chi connectivity index (χ4n) is 8.27. The molecule has 0 aliphatic rings. The lowest BCUT2D eigenvalue weighted by molar-refractivity contribution is -0.129. The fraction of sp³-hybridized carbons (Fsp3) is 0.250. The van der Waals surface area contributed by atoms with E-state index in [0.717, 1.165) is 90.4 Å². The Labute approximate surface area is 417 Å². The van der Waals surface area contributed by atoms with E-state index in [9.17, 15) is 4.79 Å². The molecule has 0 heterocycles. The minimum atomic E-state index is -2.13. The van der Waals surface area contributed by atoms with Gasteiger partial charge in [-0.2, -0.15) is 0 Å². The van der Waals surface area contributed by atoms with Crippen molar-refractivity contribution in [1.82, 2.24) is 0 Å². The Hall–Kier alpha value is -6.59. The van der Waals surface area contributed by atoms with Crippen LogP contribution in [0, 0.1) is 69.2 Å². The van der Waals surface area contributed by atoms with E-state index in [0.29, 0.717) is 40.2 Å². The van der Waals surface area contributed by atoms with E-state index in [2.05, 4.69) is 111 Å². The number of hydrogen-bond donors (Lipinski definition) is 0. The molecule has 0 bridgehead atoms. The van der Waals surface area contributed by atoms with Gasteiger partial charge >= 0.3 is 23.2 Å². The van der Waals surface area contributed by atoms with Gasteiger partial charge in [0.2, 0.25) is 0 Å². The summed E-state index contributed by atoms with van der Waals surface area (Å²) in [6.07, 6.45) is 2.08. The molecule has 0 saturated heterocycles. The van der Waals surface area contributed by atoms with Crippen molar-refractivity contribution in [2.75, 3.05) is 0 Å². The van der Waals surface area contributed by atoms with Crippen LogP contribution in [0.4, 0.5) is 0 Å². The lowest BCUT2D eigenvalue weighted by atomic mass is 9.77. The summed E-state index contributed by atoms with van der Waals surface area (Å²) in [5.41, 5.74) is 14.4. The molecule has 2 atom stereocenters. The highest BCUT2D eigenvalue weighted by molar-refractivity contribution is 7.43. The number of benzene rings is 7. The van der Waals surface area contributed by atoms with Crippen molar-refractivity contribution in [1.29, 1.82) is 0 Å². The summed E-state index contributed by atoms with van der Waals surface area (Å²) in [4.78, 5) is 12.0. The smallest absolute Gasteiger partial charge is 0.423 e. The normalized spacial score (nSPS) is 12.1. The summed E-state index contributed by atoms with van der Waals surface area (Å²) in [5.74, 6) is 3.86. The fourth-order valence-corrected chi connectivity index (χ4v) is 10.6. The van der Waals surface area contributed by atoms with Crippen molar-refractivity contribution >= 4 is 23.2 Å². The summed E-state index contributed by atoms with van der Waals surface area (Å²) in [6, 6.07) is 40.2. The average molecular weight is 975 g/mol. The van der Waals surface area contributed by atoms with E-state index in [4.69, 9.17) is 31.9 Å². The van der Waals surface area contributed by atoms with Gasteiger partial charge in [-0.05, 0) is 184 Å². The van der Waals surface area contributed by atoms with Crippen LogP contribution in [0.15, 0.2) is 134 Å². The maximum atomic E-state index is 12.0. The molecule has 0 saturated carbocycles. The Balaban J connectivity index is 1.30. The Morgan fingerprint density at radius 3 is 1.34 bits per heavy atom. The molecule has 7 aromatic carbocycles. The molecule has 0 fully saturated rings. The molecular formula is C60H64O8P2. The van der Waals surface area contributed by atoms with Crippen LogP contribution in [-0.4, -0.2) is 5.97 Å². The first-order valence-electron chi connectivity index (χ1n) is 23.5. The second kappa shape index (κ2) is 22.0. The van der Waals surface area contributed by atoms with Gasteiger partial charge in [-0.1, -0.05) is 112 Å². The van der Waals surface area contributed by atoms with Gasteiger partial charge in [0, 0.05) is 22.6 Å². The van der Waals surface area contributed by atoms with Gasteiger partial charge < -0.3 is 31.9 Å². The average Bonchev–Trinajstić information content (AvgIpc) is 3.33. The Morgan fingerprint density at radius 2 is 0.914 bits per heavy atom. The molecule has 0 aliphatic heterocycles. The summed E-state index contributed by atoms with van der Waals surface area (Å²) in [7, 11) is -4.16. The van der Waals surface area contributed by atoms with Gasteiger partial charge in [-0.3, -0.25) is 0 Å². The third-order valence-corrected chi connectivity index (χ3v) is 15.0. The zero-order valence-corrected chi connectivity index (χ0v) is 44.5. The largest absolute Gasteiger partial charge is 0.530 e. The molecule has 0 N–H and O–H groups in total. The van der Waals surface area contributed by atoms with Crippen LogP contribution in [0.5, 0.6) is 40.2 Å². The monoisotopic (exact) mass is 974 g/mol. The molecule has 0 aliphatic carbocycles. The van der Waals surface area contributed by atoms with E-state index in [1.54, 1.807) is 0 Å². The zero-order chi connectivity index (χ0) is 50.4. The topological polar surface area (TPSA) is 81.7 Å². The van der Waals surface area contributed by atoms with E-state index >= 15 is 0 Å². The maximum Gasteiger partial charge on any atom is 0.530 e. The molecule has 7 rings (SSSR count). The van der Waals surface area contributed by atoms with Crippen molar-refractivity contribution < 1.29 is 36.7 Å². The van der Waals surface area contributed by atoms with E-state index in [1.165, 1.54) is 5.56 Å². The van der Waals surface area contributed by atoms with Crippen molar-refractivity contribution in [2.24, 2.45) is 0 Å².